The Morgan fingerprint density at radius 1 is 1.62 bits per heavy atom. The number of esters is 1. The van der Waals surface area contributed by atoms with Gasteiger partial charge in [0.25, 0.3) is 0 Å². The molecule has 1 aromatic carbocycles. The lowest BCUT2D eigenvalue weighted by Gasteiger charge is -2.12. The molecule has 1 rings (SSSR count). The van der Waals surface area contributed by atoms with Gasteiger partial charge in [0.15, 0.2) is 0 Å². The summed E-state index contributed by atoms with van der Waals surface area (Å²) in [4.78, 5) is 11.2. The molecule has 3 N–H and O–H groups in total. The van der Waals surface area contributed by atoms with E-state index in [0.29, 0.717) is 9.50 Å². The molecule has 0 saturated carbocycles. The number of methoxy groups -OCH3 is 1. The number of halogens is 3. The van der Waals surface area contributed by atoms with Gasteiger partial charge < -0.3 is 15.6 Å². The molecule has 0 spiro atoms. The molecule has 0 amide bonds. The number of rotatable bonds is 2. The van der Waals surface area contributed by atoms with Gasteiger partial charge in [-0.25, -0.2) is 0 Å². The van der Waals surface area contributed by atoms with Crippen molar-refractivity contribution in [2.45, 2.75) is 6.04 Å². The quantitative estimate of drug-likeness (QED) is 0.817. The molecule has 0 aliphatic heterocycles. The van der Waals surface area contributed by atoms with Crippen LogP contribution in [0.25, 0.3) is 0 Å². The first-order valence-corrected chi connectivity index (χ1v) is 5.16. The zero-order valence-corrected chi connectivity index (χ0v) is 11.4. The molecule has 16 heavy (non-hydrogen) atoms. The van der Waals surface area contributed by atoms with Gasteiger partial charge in [-0.15, -0.1) is 12.4 Å². The molecule has 0 heterocycles. The molecule has 0 unspecified atom stereocenters. The Balaban J connectivity index is 0.00000225. The minimum atomic E-state index is -1.02. The summed E-state index contributed by atoms with van der Waals surface area (Å²) in [6.45, 7) is 0. The average molecular weight is 331 g/mol. The summed E-state index contributed by atoms with van der Waals surface area (Å²) >= 11 is 8.82. The van der Waals surface area contributed by atoms with Crippen molar-refractivity contribution < 1.29 is 14.6 Å². The molecule has 0 aliphatic rings. The van der Waals surface area contributed by atoms with Crippen molar-refractivity contribution in [2.24, 2.45) is 5.73 Å². The standard InChI is InChI=1S/C9H9BrClNO3.ClH/c1-15-9(14)7(12)4-2-3-5(11)6(10)8(4)13;/h2-3,7,13H,12H2,1H3;1H/t7-;/m1./s1. The highest BCUT2D eigenvalue weighted by atomic mass is 79.9. The number of phenols is 1. The van der Waals surface area contributed by atoms with Crippen molar-refractivity contribution in [3.05, 3.63) is 27.2 Å². The molecule has 90 valence electrons. The highest BCUT2D eigenvalue weighted by Crippen LogP contribution is 2.36. The Bertz CT molecular complexity index is 401. The number of nitrogens with two attached hydrogens (primary N) is 1. The van der Waals surface area contributed by atoms with Crippen molar-refractivity contribution in [1.29, 1.82) is 0 Å². The van der Waals surface area contributed by atoms with E-state index in [1.54, 1.807) is 0 Å². The van der Waals surface area contributed by atoms with E-state index in [1.807, 2.05) is 0 Å². The molecular formula is C9H10BrCl2NO3. The fraction of sp³-hybridized carbons (Fsp3) is 0.222. The van der Waals surface area contributed by atoms with Crippen LogP contribution in [0.3, 0.4) is 0 Å². The van der Waals surface area contributed by atoms with Crippen LogP contribution in [-0.4, -0.2) is 18.2 Å². The van der Waals surface area contributed by atoms with Gasteiger partial charge in [-0.05, 0) is 22.0 Å². The molecule has 4 nitrogen and oxygen atoms in total. The largest absolute Gasteiger partial charge is 0.506 e. The smallest absolute Gasteiger partial charge is 0.327 e. The van der Waals surface area contributed by atoms with E-state index >= 15 is 0 Å². The summed E-state index contributed by atoms with van der Waals surface area (Å²) in [7, 11) is 1.23. The summed E-state index contributed by atoms with van der Waals surface area (Å²) in [5.74, 6) is -0.778. The van der Waals surface area contributed by atoms with Gasteiger partial charge in [0.05, 0.1) is 16.6 Å². The van der Waals surface area contributed by atoms with Crippen molar-refractivity contribution >= 4 is 45.9 Å². The van der Waals surface area contributed by atoms with Crippen molar-refractivity contribution in [1.82, 2.24) is 0 Å². The Labute approximate surface area is 112 Å². The topological polar surface area (TPSA) is 72.5 Å². The zero-order chi connectivity index (χ0) is 11.6. The van der Waals surface area contributed by atoms with Crippen molar-refractivity contribution in [2.75, 3.05) is 7.11 Å². The second-order valence-corrected chi connectivity index (χ2v) is 4.00. The Morgan fingerprint density at radius 3 is 2.69 bits per heavy atom. The van der Waals surface area contributed by atoms with E-state index in [4.69, 9.17) is 17.3 Å². The monoisotopic (exact) mass is 329 g/mol. The molecule has 0 fully saturated rings. The van der Waals surface area contributed by atoms with Crippen molar-refractivity contribution in [3.8, 4) is 5.75 Å². The third-order valence-corrected chi connectivity index (χ3v) is 3.24. The number of hydrogen-bond donors (Lipinski definition) is 2. The molecule has 1 aromatic rings. The molecule has 0 saturated heterocycles. The first-order chi connectivity index (χ1) is 6.99. The van der Waals surface area contributed by atoms with Gasteiger partial charge in [-0.1, -0.05) is 17.7 Å². The maximum atomic E-state index is 11.2. The first kappa shape index (κ1) is 15.5. The lowest BCUT2D eigenvalue weighted by Crippen LogP contribution is -2.22. The first-order valence-electron chi connectivity index (χ1n) is 3.99. The van der Waals surface area contributed by atoms with E-state index in [0.717, 1.165) is 0 Å². The summed E-state index contributed by atoms with van der Waals surface area (Å²) in [6.07, 6.45) is 0. The number of hydrogen-bond acceptors (Lipinski definition) is 4. The van der Waals surface area contributed by atoms with Gasteiger partial charge in [0.2, 0.25) is 0 Å². The highest BCUT2D eigenvalue weighted by Gasteiger charge is 2.21. The number of benzene rings is 1. The second kappa shape index (κ2) is 6.30. The maximum absolute atomic E-state index is 11.2. The van der Waals surface area contributed by atoms with Crippen LogP contribution in [0.1, 0.15) is 11.6 Å². The fourth-order valence-electron chi connectivity index (χ4n) is 1.06. The van der Waals surface area contributed by atoms with E-state index in [-0.39, 0.29) is 23.7 Å². The predicted molar refractivity (Wildman–Crippen MR) is 67.0 cm³/mol. The van der Waals surface area contributed by atoms with E-state index < -0.39 is 12.0 Å². The van der Waals surface area contributed by atoms with Crippen molar-refractivity contribution in [3.63, 3.8) is 0 Å². The van der Waals surface area contributed by atoms with Crippen LogP contribution in [0.15, 0.2) is 16.6 Å². The van der Waals surface area contributed by atoms with Gasteiger partial charge >= 0.3 is 5.97 Å². The summed E-state index contributed by atoms with van der Waals surface area (Å²) in [5, 5.41) is 10.0. The number of carbonyl (C=O) groups is 1. The van der Waals surface area contributed by atoms with Crippen LogP contribution in [0, 0.1) is 0 Å². The Morgan fingerprint density at radius 2 is 2.19 bits per heavy atom. The second-order valence-electron chi connectivity index (χ2n) is 2.80. The third-order valence-electron chi connectivity index (χ3n) is 1.89. The fourth-order valence-corrected chi connectivity index (χ4v) is 1.57. The van der Waals surface area contributed by atoms with Crippen LogP contribution in [0.5, 0.6) is 5.75 Å². The summed E-state index contributed by atoms with van der Waals surface area (Å²) in [5.41, 5.74) is 5.83. The Hall–Kier alpha value is -0.490. The van der Waals surface area contributed by atoms with E-state index in [1.165, 1.54) is 19.2 Å². The molecule has 0 aliphatic carbocycles. The molecule has 7 heteroatoms. The molecular weight excluding hydrogens is 321 g/mol. The lowest BCUT2D eigenvalue weighted by atomic mass is 10.1. The minimum Gasteiger partial charge on any atom is -0.506 e. The number of carbonyl (C=O) groups excluding carboxylic acids is 1. The average Bonchev–Trinajstić information content (AvgIpc) is 2.24. The number of aromatic hydroxyl groups is 1. The third kappa shape index (κ3) is 3.01. The van der Waals surface area contributed by atoms with E-state index in [2.05, 4.69) is 20.7 Å². The predicted octanol–water partition coefficient (Wildman–Crippen LogP) is 2.40. The van der Waals surface area contributed by atoms with E-state index in [9.17, 15) is 9.90 Å². The molecule has 0 radical (unpaired) electrons. The lowest BCUT2D eigenvalue weighted by molar-refractivity contribution is -0.142. The van der Waals surface area contributed by atoms with Gasteiger partial charge in [0.1, 0.15) is 11.8 Å². The summed E-state index contributed by atoms with van der Waals surface area (Å²) in [6, 6.07) is 1.98. The molecule has 1 atom stereocenters. The van der Waals surface area contributed by atoms with Crippen LogP contribution in [0.4, 0.5) is 0 Å². The summed E-state index contributed by atoms with van der Waals surface area (Å²) < 4.78 is 4.77. The van der Waals surface area contributed by atoms with Crippen LogP contribution in [0.2, 0.25) is 5.02 Å². The Kier molecular flexibility index (Phi) is 6.10. The van der Waals surface area contributed by atoms with Gasteiger partial charge in [-0.3, -0.25) is 4.79 Å². The number of ether oxygens (including phenoxy) is 1. The maximum Gasteiger partial charge on any atom is 0.327 e. The number of phenolic OH excluding ortho intramolecular Hbond substituents is 1. The van der Waals surface area contributed by atoms with Crippen LogP contribution < -0.4 is 5.73 Å². The highest BCUT2D eigenvalue weighted by molar-refractivity contribution is 9.10. The minimum absolute atomic E-state index is 0. The van der Waals surface area contributed by atoms with Crippen LogP contribution >= 0.6 is 39.9 Å². The SMILES string of the molecule is COC(=O)[C@H](N)c1ccc(Cl)c(Br)c1O.Cl. The molecule has 0 aromatic heterocycles. The normalized spacial score (nSPS) is 11.5. The zero-order valence-electron chi connectivity index (χ0n) is 8.24. The van der Waals surface area contributed by atoms with Crippen LogP contribution in [-0.2, 0) is 9.53 Å². The van der Waals surface area contributed by atoms with Gasteiger partial charge in [0, 0.05) is 5.56 Å². The van der Waals surface area contributed by atoms with Gasteiger partial charge in [-0.2, -0.15) is 0 Å². The molecule has 0 bridgehead atoms.